The lowest BCUT2D eigenvalue weighted by molar-refractivity contribution is 0.0953. The Labute approximate surface area is 132 Å². The van der Waals surface area contributed by atoms with Crippen LogP contribution in [-0.2, 0) is 10.0 Å². The third kappa shape index (κ3) is 3.87. The quantitative estimate of drug-likeness (QED) is 0.903. The molecule has 0 unspecified atom stereocenters. The van der Waals surface area contributed by atoms with Crippen LogP contribution in [-0.4, -0.2) is 38.3 Å². The van der Waals surface area contributed by atoms with Crippen LogP contribution in [0.3, 0.4) is 0 Å². The van der Waals surface area contributed by atoms with Gasteiger partial charge in [-0.2, -0.15) is 4.31 Å². The molecule has 1 aromatic carbocycles. The molecule has 1 saturated heterocycles. The van der Waals surface area contributed by atoms with Gasteiger partial charge < -0.3 is 5.32 Å². The zero-order chi connectivity index (χ0) is 16.2. The van der Waals surface area contributed by atoms with Crippen LogP contribution in [0, 0.1) is 5.92 Å². The molecule has 2 rings (SSSR count). The van der Waals surface area contributed by atoms with Gasteiger partial charge in [0.15, 0.2) is 0 Å². The van der Waals surface area contributed by atoms with E-state index in [0.29, 0.717) is 31.1 Å². The van der Waals surface area contributed by atoms with E-state index < -0.39 is 10.0 Å². The van der Waals surface area contributed by atoms with Crippen molar-refractivity contribution in [3.8, 4) is 0 Å². The summed E-state index contributed by atoms with van der Waals surface area (Å²) in [6.07, 6.45) is 2.61. The first-order valence-corrected chi connectivity index (χ1v) is 9.27. The van der Waals surface area contributed by atoms with Crippen molar-refractivity contribution in [2.45, 2.75) is 38.0 Å². The maximum Gasteiger partial charge on any atom is 0.251 e. The molecule has 1 fully saturated rings. The largest absolute Gasteiger partial charge is 0.352 e. The Kier molecular flexibility index (Phi) is 5.58. The van der Waals surface area contributed by atoms with Crippen LogP contribution in [0.1, 0.15) is 43.5 Å². The van der Waals surface area contributed by atoms with Crippen LogP contribution in [0.2, 0.25) is 0 Å². The molecular weight excluding hydrogens is 300 g/mol. The van der Waals surface area contributed by atoms with Crippen molar-refractivity contribution in [2.75, 3.05) is 19.6 Å². The lowest BCUT2D eigenvalue weighted by Gasteiger charge is -2.29. The summed E-state index contributed by atoms with van der Waals surface area (Å²) in [6.45, 7) is 5.80. The number of nitrogens with one attached hydrogen (secondary N) is 1. The number of rotatable bonds is 5. The highest BCUT2D eigenvalue weighted by molar-refractivity contribution is 7.89. The molecule has 1 amide bonds. The van der Waals surface area contributed by atoms with Gasteiger partial charge in [-0.3, -0.25) is 4.79 Å². The summed E-state index contributed by atoms with van der Waals surface area (Å²) < 4.78 is 26.9. The molecule has 0 atom stereocenters. The molecule has 1 N–H and O–H groups in total. The molecular formula is C16H24N2O3S. The molecule has 0 aliphatic carbocycles. The highest BCUT2D eigenvalue weighted by atomic mass is 32.2. The van der Waals surface area contributed by atoms with Crippen LogP contribution in [0.25, 0.3) is 0 Å². The average molecular weight is 324 g/mol. The molecule has 0 radical (unpaired) electrons. The molecule has 0 aromatic heterocycles. The Balaban J connectivity index is 2.19. The van der Waals surface area contributed by atoms with E-state index in [9.17, 15) is 13.2 Å². The normalized spacial score (nSPS) is 17.4. The maximum absolute atomic E-state index is 12.7. The third-order valence-corrected chi connectivity index (χ3v) is 5.91. The number of hydrogen-bond acceptors (Lipinski definition) is 3. The number of benzene rings is 1. The second-order valence-corrected chi connectivity index (χ2v) is 7.81. The molecule has 1 aliphatic heterocycles. The fourth-order valence-electron chi connectivity index (χ4n) is 2.51. The number of piperidine rings is 1. The first kappa shape index (κ1) is 17.0. The summed E-state index contributed by atoms with van der Waals surface area (Å²) in [5, 5.41) is 2.77. The number of amides is 1. The van der Waals surface area contributed by atoms with Crippen molar-refractivity contribution in [3.63, 3.8) is 0 Å². The summed E-state index contributed by atoms with van der Waals surface area (Å²) in [5.41, 5.74) is 0.389. The first-order valence-electron chi connectivity index (χ1n) is 7.83. The lowest BCUT2D eigenvalue weighted by Crippen LogP contribution is -2.38. The van der Waals surface area contributed by atoms with E-state index in [1.807, 2.05) is 6.92 Å². The van der Waals surface area contributed by atoms with E-state index >= 15 is 0 Å². The van der Waals surface area contributed by atoms with Gasteiger partial charge in [-0.15, -0.1) is 0 Å². The Morgan fingerprint density at radius 1 is 1.32 bits per heavy atom. The summed E-state index contributed by atoms with van der Waals surface area (Å²) in [6, 6.07) is 6.30. The first-order chi connectivity index (χ1) is 10.4. The highest BCUT2D eigenvalue weighted by Gasteiger charge is 2.28. The summed E-state index contributed by atoms with van der Waals surface area (Å²) >= 11 is 0. The minimum atomic E-state index is -3.51. The molecule has 0 saturated carbocycles. The molecule has 1 heterocycles. The fraction of sp³-hybridized carbons (Fsp3) is 0.562. The molecule has 122 valence electrons. The number of carbonyl (C=O) groups excluding carboxylic acids is 1. The van der Waals surface area contributed by atoms with Gasteiger partial charge in [0.05, 0.1) is 4.90 Å². The van der Waals surface area contributed by atoms with E-state index in [1.54, 1.807) is 18.2 Å². The molecule has 1 aliphatic rings. The fourth-order valence-corrected chi connectivity index (χ4v) is 4.03. The van der Waals surface area contributed by atoms with Crippen molar-refractivity contribution in [3.05, 3.63) is 29.8 Å². The second-order valence-electron chi connectivity index (χ2n) is 5.87. The molecule has 1 aromatic rings. The summed E-state index contributed by atoms with van der Waals surface area (Å²) in [5.74, 6) is 0.337. The topological polar surface area (TPSA) is 66.5 Å². The highest BCUT2D eigenvalue weighted by Crippen LogP contribution is 2.23. The lowest BCUT2D eigenvalue weighted by atomic mass is 10.0. The number of carbonyl (C=O) groups is 1. The van der Waals surface area contributed by atoms with E-state index in [1.165, 1.54) is 10.4 Å². The van der Waals surface area contributed by atoms with Gasteiger partial charge in [-0.25, -0.2) is 8.42 Å². The van der Waals surface area contributed by atoms with E-state index in [-0.39, 0.29) is 10.8 Å². The SMILES string of the molecule is CCCNC(=O)c1cccc(S(=O)(=O)N2CCC(C)CC2)c1. The van der Waals surface area contributed by atoms with Gasteiger partial charge in [0.1, 0.15) is 0 Å². The molecule has 6 heteroatoms. The van der Waals surface area contributed by atoms with E-state index in [4.69, 9.17) is 0 Å². The van der Waals surface area contributed by atoms with Crippen LogP contribution in [0.4, 0.5) is 0 Å². The minimum Gasteiger partial charge on any atom is -0.352 e. The van der Waals surface area contributed by atoms with Crippen LogP contribution in [0.5, 0.6) is 0 Å². The maximum atomic E-state index is 12.7. The van der Waals surface area contributed by atoms with E-state index in [2.05, 4.69) is 12.2 Å². The van der Waals surface area contributed by atoms with Gasteiger partial charge in [-0.05, 0) is 43.4 Å². The van der Waals surface area contributed by atoms with Gasteiger partial charge >= 0.3 is 0 Å². The van der Waals surface area contributed by atoms with Crippen molar-refractivity contribution in [1.29, 1.82) is 0 Å². The van der Waals surface area contributed by atoms with E-state index in [0.717, 1.165) is 19.3 Å². The Bertz CT molecular complexity index is 620. The molecule has 0 spiro atoms. The van der Waals surface area contributed by atoms with Gasteiger partial charge in [0, 0.05) is 25.2 Å². The Hall–Kier alpha value is -1.40. The van der Waals surface area contributed by atoms with Crippen molar-refractivity contribution < 1.29 is 13.2 Å². The minimum absolute atomic E-state index is 0.200. The summed E-state index contributed by atoms with van der Waals surface area (Å²) in [7, 11) is -3.51. The summed E-state index contributed by atoms with van der Waals surface area (Å²) in [4.78, 5) is 12.2. The van der Waals surface area contributed by atoms with Crippen molar-refractivity contribution in [2.24, 2.45) is 5.92 Å². The van der Waals surface area contributed by atoms with Crippen molar-refractivity contribution >= 4 is 15.9 Å². The zero-order valence-corrected chi connectivity index (χ0v) is 14.0. The molecule has 22 heavy (non-hydrogen) atoms. The average Bonchev–Trinajstić information content (AvgIpc) is 2.53. The predicted molar refractivity (Wildman–Crippen MR) is 86.2 cm³/mol. The predicted octanol–water partition coefficient (Wildman–Crippen LogP) is 2.25. The van der Waals surface area contributed by atoms with Crippen LogP contribution in [0.15, 0.2) is 29.2 Å². The molecule has 0 bridgehead atoms. The monoisotopic (exact) mass is 324 g/mol. The van der Waals surface area contributed by atoms with Gasteiger partial charge in [0.25, 0.3) is 5.91 Å². The van der Waals surface area contributed by atoms with Crippen molar-refractivity contribution in [1.82, 2.24) is 9.62 Å². The standard InChI is InChI=1S/C16H24N2O3S/c1-3-9-17-16(19)14-5-4-6-15(12-14)22(20,21)18-10-7-13(2)8-11-18/h4-6,12-13H,3,7-11H2,1-2H3,(H,17,19). The number of nitrogens with zero attached hydrogens (tertiary/aromatic N) is 1. The van der Waals surface area contributed by atoms with Crippen LogP contribution >= 0.6 is 0 Å². The van der Waals surface area contributed by atoms with Gasteiger partial charge in [0.2, 0.25) is 10.0 Å². The smallest absolute Gasteiger partial charge is 0.251 e. The van der Waals surface area contributed by atoms with Gasteiger partial charge in [-0.1, -0.05) is 19.9 Å². The van der Waals surface area contributed by atoms with Crippen LogP contribution < -0.4 is 5.32 Å². The second kappa shape index (κ2) is 7.24. The zero-order valence-electron chi connectivity index (χ0n) is 13.2. The number of hydrogen-bond donors (Lipinski definition) is 1. The third-order valence-electron chi connectivity index (χ3n) is 4.01. The number of sulfonamides is 1. The molecule has 5 nitrogen and oxygen atoms in total. The Morgan fingerprint density at radius 3 is 2.64 bits per heavy atom. The Morgan fingerprint density at radius 2 is 2.00 bits per heavy atom.